The number of hydrogen-bond donors (Lipinski definition) is 1. The van der Waals surface area contributed by atoms with Gasteiger partial charge in [0.2, 0.25) is 0 Å². The minimum Gasteiger partial charge on any atom is -0.488 e. The topological polar surface area (TPSA) is 60.2 Å². The van der Waals surface area contributed by atoms with Gasteiger partial charge in [-0.05, 0) is 32.2 Å². The highest BCUT2D eigenvalue weighted by molar-refractivity contribution is 7.19. The summed E-state index contributed by atoms with van der Waals surface area (Å²) < 4.78 is 11.2. The molecule has 0 saturated heterocycles. The van der Waals surface area contributed by atoms with E-state index in [9.17, 15) is 0 Å². The maximum absolute atomic E-state index is 5.80. The molecule has 0 aliphatic carbocycles. The average molecular weight is 364 g/mol. The zero-order valence-electron chi connectivity index (χ0n) is 13.4. The highest BCUT2D eigenvalue weighted by Crippen LogP contribution is 2.44. The van der Waals surface area contributed by atoms with E-state index in [1.54, 1.807) is 11.3 Å². The van der Waals surface area contributed by atoms with Crippen LogP contribution in [0.1, 0.15) is 18.3 Å². The first-order valence-electron chi connectivity index (χ1n) is 7.59. The monoisotopic (exact) mass is 363 g/mol. The van der Waals surface area contributed by atoms with Gasteiger partial charge in [0.1, 0.15) is 12.4 Å². The molecule has 0 fully saturated rings. The van der Waals surface area contributed by atoms with Crippen molar-refractivity contribution in [2.75, 3.05) is 7.05 Å². The number of aromatic nitrogens is 2. The SMILES string of the molecule is CNC(C)Cc1noc(-c2cc3c(s2)-c2ccccc2OC3)n1.Cl. The van der Waals surface area contributed by atoms with E-state index in [4.69, 9.17) is 9.26 Å². The summed E-state index contributed by atoms with van der Waals surface area (Å²) in [5, 5.41) is 7.26. The minimum absolute atomic E-state index is 0. The normalized spacial score (nSPS) is 13.4. The maximum Gasteiger partial charge on any atom is 0.268 e. The highest BCUT2D eigenvalue weighted by atomic mass is 35.5. The molecule has 1 atom stereocenters. The summed E-state index contributed by atoms with van der Waals surface area (Å²) in [5.41, 5.74) is 2.31. The summed E-state index contributed by atoms with van der Waals surface area (Å²) in [6, 6.07) is 10.5. The van der Waals surface area contributed by atoms with Crippen molar-refractivity contribution in [3.63, 3.8) is 0 Å². The summed E-state index contributed by atoms with van der Waals surface area (Å²) in [5.74, 6) is 2.24. The second-order valence-corrected chi connectivity index (χ2v) is 6.71. The fourth-order valence-corrected chi connectivity index (χ4v) is 3.74. The zero-order valence-corrected chi connectivity index (χ0v) is 15.0. The first kappa shape index (κ1) is 17.0. The summed E-state index contributed by atoms with van der Waals surface area (Å²) in [7, 11) is 1.93. The lowest BCUT2D eigenvalue weighted by Crippen LogP contribution is -2.24. The largest absolute Gasteiger partial charge is 0.488 e. The molecule has 0 spiro atoms. The molecule has 3 heterocycles. The number of para-hydroxylation sites is 1. The molecule has 2 aromatic heterocycles. The Morgan fingerprint density at radius 3 is 3.00 bits per heavy atom. The van der Waals surface area contributed by atoms with Crippen LogP contribution in [0, 0.1) is 0 Å². The van der Waals surface area contributed by atoms with E-state index < -0.39 is 0 Å². The standard InChI is InChI=1S/C17H17N3O2S.ClH/c1-10(18-2)7-15-19-17(22-20-15)14-8-11-9-21-13-6-4-3-5-12(13)16(11)23-14;/h3-6,8,10,18H,7,9H2,1-2H3;1H. The van der Waals surface area contributed by atoms with Gasteiger partial charge < -0.3 is 14.6 Å². The van der Waals surface area contributed by atoms with E-state index in [0.29, 0.717) is 18.5 Å². The molecule has 7 heteroatoms. The fraction of sp³-hybridized carbons (Fsp3) is 0.294. The minimum atomic E-state index is 0. The number of benzene rings is 1. The Balaban J connectivity index is 0.00000169. The Morgan fingerprint density at radius 2 is 2.17 bits per heavy atom. The Kier molecular flexibility index (Phi) is 4.89. The van der Waals surface area contributed by atoms with Crippen LogP contribution >= 0.6 is 23.7 Å². The number of likely N-dealkylation sites (N-methyl/N-ethyl adjacent to an activating group) is 1. The fourth-order valence-electron chi connectivity index (χ4n) is 2.62. The van der Waals surface area contributed by atoms with E-state index in [2.05, 4.69) is 34.5 Å². The van der Waals surface area contributed by atoms with E-state index in [0.717, 1.165) is 28.4 Å². The number of halogens is 1. The second-order valence-electron chi connectivity index (χ2n) is 5.66. The van der Waals surface area contributed by atoms with Crippen LogP contribution in [0.3, 0.4) is 0 Å². The molecule has 1 aromatic carbocycles. The van der Waals surface area contributed by atoms with Gasteiger partial charge in [-0.1, -0.05) is 17.3 Å². The third-order valence-electron chi connectivity index (χ3n) is 3.98. The molecule has 3 aromatic rings. The number of nitrogens with one attached hydrogen (secondary N) is 1. The van der Waals surface area contributed by atoms with E-state index in [1.807, 2.05) is 25.2 Å². The van der Waals surface area contributed by atoms with Crippen molar-refractivity contribution in [1.29, 1.82) is 0 Å². The molecular weight excluding hydrogens is 346 g/mol. The van der Waals surface area contributed by atoms with Gasteiger partial charge in [0.05, 0.1) is 4.88 Å². The van der Waals surface area contributed by atoms with Gasteiger partial charge in [0.15, 0.2) is 5.82 Å². The predicted octanol–water partition coefficient (Wildman–Crippen LogP) is 3.93. The van der Waals surface area contributed by atoms with Gasteiger partial charge in [-0.15, -0.1) is 23.7 Å². The number of nitrogens with zero attached hydrogens (tertiary/aromatic N) is 2. The van der Waals surface area contributed by atoms with Gasteiger partial charge in [-0.25, -0.2) is 0 Å². The van der Waals surface area contributed by atoms with E-state index in [1.165, 1.54) is 10.4 Å². The van der Waals surface area contributed by atoms with Gasteiger partial charge >= 0.3 is 0 Å². The summed E-state index contributed by atoms with van der Waals surface area (Å²) in [6.45, 7) is 2.68. The summed E-state index contributed by atoms with van der Waals surface area (Å²) >= 11 is 1.68. The molecule has 4 rings (SSSR count). The predicted molar refractivity (Wildman–Crippen MR) is 96.9 cm³/mol. The Hall–Kier alpha value is -1.89. The number of hydrogen-bond acceptors (Lipinski definition) is 6. The number of fused-ring (bicyclic) bond motifs is 3. The van der Waals surface area contributed by atoms with Crippen LogP contribution in [-0.2, 0) is 13.0 Å². The number of ether oxygens (including phenoxy) is 1. The molecule has 1 aliphatic rings. The van der Waals surface area contributed by atoms with E-state index in [-0.39, 0.29) is 12.4 Å². The smallest absolute Gasteiger partial charge is 0.268 e. The highest BCUT2D eigenvalue weighted by Gasteiger charge is 2.22. The third kappa shape index (κ3) is 3.05. The summed E-state index contributed by atoms with van der Waals surface area (Å²) in [6.07, 6.45) is 0.747. The molecule has 1 unspecified atom stereocenters. The molecular formula is C17H18ClN3O2S. The molecule has 0 bridgehead atoms. The lowest BCUT2D eigenvalue weighted by molar-refractivity contribution is 0.303. The van der Waals surface area contributed by atoms with Crippen LogP contribution in [0.2, 0.25) is 0 Å². The third-order valence-corrected chi connectivity index (χ3v) is 5.18. The molecule has 126 valence electrons. The van der Waals surface area contributed by atoms with Crippen LogP contribution in [0.4, 0.5) is 0 Å². The molecule has 24 heavy (non-hydrogen) atoms. The summed E-state index contributed by atoms with van der Waals surface area (Å²) in [4.78, 5) is 6.74. The van der Waals surface area contributed by atoms with Gasteiger partial charge in [0, 0.05) is 28.5 Å². The first-order chi connectivity index (χ1) is 11.2. The Morgan fingerprint density at radius 1 is 1.33 bits per heavy atom. The van der Waals surface area contributed by atoms with Crippen molar-refractivity contribution in [3.05, 3.63) is 41.7 Å². The van der Waals surface area contributed by atoms with Crippen molar-refractivity contribution in [1.82, 2.24) is 15.5 Å². The van der Waals surface area contributed by atoms with Crippen molar-refractivity contribution in [2.24, 2.45) is 0 Å². The molecule has 0 radical (unpaired) electrons. The zero-order chi connectivity index (χ0) is 15.8. The number of rotatable bonds is 4. The molecule has 1 N–H and O–H groups in total. The van der Waals surface area contributed by atoms with Gasteiger partial charge in [-0.2, -0.15) is 4.98 Å². The van der Waals surface area contributed by atoms with Gasteiger partial charge in [0.25, 0.3) is 5.89 Å². The van der Waals surface area contributed by atoms with Crippen LogP contribution in [0.25, 0.3) is 21.2 Å². The van der Waals surface area contributed by atoms with Gasteiger partial charge in [-0.3, -0.25) is 0 Å². The lowest BCUT2D eigenvalue weighted by atomic mass is 10.1. The second kappa shape index (κ2) is 6.93. The molecule has 0 amide bonds. The maximum atomic E-state index is 5.80. The molecule has 0 saturated carbocycles. The first-order valence-corrected chi connectivity index (χ1v) is 8.41. The van der Waals surface area contributed by atoms with Crippen molar-refractivity contribution >= 4 is 23.7 Å². The quantitative estimate of drug-likeness (QED) is 0.761. The average Bonchev–Trinajstić information content (AvgIpc) is 3.21. The van der Waals surface area contributed by atoms with Crippen molar-refractivity contribution in [3.8, 4) is 27.0 Å². The van der Waals surface area contributed by atoms with Crippen LogP contribution in [0.15, 0.2) is 34.9 Å². The number of thiophene rings is 1. The molecule has 1 aliphatic heterocycles. The van der Waals surface area contributed by atoms with Crippen molar-refractivity contribution in [2.45, 2.75) is 26.0 Å². The van der Waals surface area contributed by atoms with Crippen molar-refractivity contribution < 1.29 is 9.26 Å². The Labute approximate surface area is 150 Å². The van der Waals surface area contributed by atoms with Crippen LogP contribution in [-0.4, -0.2) is 23.2 Å². The lowest BCUT2D eigenvalue weighted by Gasteiger charge is -2.16. The molecule has 5 nitrogen and oxygen atoms in total. The van der Waals surface area contributed by atoms with Crippen LogP contribution in [0.5, 0.6) is 5.75 Å². The van der Waals surface area contributed by atoms with Crippen LogP contribution < -0.4 is 10.1 Å². The Bertz CT molecular complexity index is 846. The van der Waals surface area contributed by atoms with E-state index >= 15 is 0 Å².